The summed E-state index contributed by atoms with van der Waals surface area (Å²) in [5.74, 6) is 0.632. The molecule has 0 radical (unpaired) electrons. The number of anilines is 3. The lowest BCUT2D eigenvalue weighted by Gasteiger charge is -2.29. The van der Waals surface area contributed by atoms with Gasteiger partial charge >= 0.3 is 0 Å². The van der Waals surface area contributed by atoms with Gasteiger partial charge in [0.1, 0.15) is 0 Å². The summed E-state index contributed by atoms with van der Waals surface area (Å²) in [5.41, 5.74) is 2.82. The van der Waals surface area contributed by atoms with Gasteiger partial charge in [0, 0.05) is 25.0 Å². The Hall–Kier alpha value is -3.00. The van der Waals surface area contributed by atoms with E-state index in [0.29, 0.717) is 18.4 Å². The molecule has 2 aromatic heterocycles. The minimum Gasteiger partial charge on any atom is -0.367 e. The molecule has 29 heavy (non-hydrogen) atoms. The summed E-state index contributed by atoms with van der Waals surface area (Å²) >= 11 is 0. The Morgan fingerprint density at radius 1 is 1.28 bits per heavy atom. The minimum absolute atomic E-state index is 0.231. The topological polar surface area (TPSA) is 70.9 Å². The third-order valence-electron chi connectivity index (χ3n) is 5.10. The molecule has 0 aliphatic carbocycles. The van der Waals surface area contributed by atoms with E-state index in [4.69, 9.17) is 0 Å². The molecule has 0 unspecified atom stereocenters. The van der Waals surface area contributed by atoms with Crippen molar-refractivity contribution < 1.29 is 4.39 Å². The molecule has 152 valence electrons. The maximum absolute atomic E-state index is 14.2. The van der Waals surface area contributed by atoms with Crippen LogP contribution in [-0.4, -0.2) is 51.3 Å². The predicted octanol–water partition coefficient (Wildman–Crippen LogP) is 3.61. The number of likely N-dealkylation sites (tertiary alicyclic amines) is 1. The second-order valence-electron chi connectivity index (χ2n) is 7.68. The number of hydrogen-bond acceptors (Lipinski definition) is 6. The number of aromatic nitrogens is 4. The molecule has 1 aliphatic rings. The van der Waals surface area contributed by atoms with Crippen molar-refractivity contribution in [2.45, 2.75) is 19.8 Å². The number of nitrogens with one attached hydrogen (secondary N) is 2. The lowest BCUT2D eigenvalue weighted by Crippen LogP contribution is -2.35. The van der Waals surface area contributed by atoms with Crippen molar-refractivity contribution in [2.24, 2.45) is 5.92 Å². The molecule has 0 amide bonds. The third kappa shape index (κ3) is 4.89. The highest BCUT2D eigenvalue weighted by Crippen LogP contribution is 2.21. The number of halogens is 1. The van der Waals surface area contributed by atoms with Crippen LogP contribution in [0.2, 0.25) is 0 Å². The molecule has 1 aromatic carbocycles. The molecular formula is C21H26FN7. The van der Waals surface area contributed by atoms with Crippen LogP contribution in [-0.2, 0) is 0 Å². The summed E-state index contributed by atoms with van der Waals surface area (Å²) in [6.07, 6.45) is 7.29. The molecule has 4 rings (SSSR count). The fourth-order valence-corrected chi connectivity index (χ4v) is 3.64. The van der Waals surface area contributed by atoms with E-state index in [2.05, 4.69) is 37.6 Å². The molecule has 1 atom stereocenters. The van der Waals surface area contributed by atoms with E-state index in [1.54, 1.807) is 4.68 Å². The first-order valence-corrected chi connectivity index (χ1v) is 9.90. The average molecular weight is 395 g/mol. The highest BCUT2D eigenvalue weighted by Gasteiger charge is 2.18. The van der Waals surface area contributed by atoms with E-state index < -0.39 is 5.82 Å². The Balaban J connectivity index is 1.45. The van der Waals surface area contributed by atoms with Crippen molar-refractivity contribution in [1.29, 1.82) is 0 Å². The third-order valence-corrected chi connectivity index (χ3v) is 5.10. The standard InChI is InChI=1S/C21H26FN7/c1-15-10-25-29(13-15)18-7-3-6-17(9-18)26-21-24-12-19(22)20(27-21)23-11-16-5-4-8-28(2)14-16/h3,6-7,9-10,12-13,16H,4-5,8,11,14H2,1-2H3,(H2,23,24,26,27)/t16-/m0/s1. The molecular weight excluding hydrogens is 369 g/mol. The van der Waals surface area contributed by atoms with Gasteiger partial charge in [0.2, 0.25) is 5.95 Å². The molecule has 3 aromatic rings. The fourth-order valence-electron chi connectivity index (χ4n) is 3.64. The number of benzene rings is 1. The SMILES string of the molecule is Cc1cnn(-c2cccc(Nc3ncc(F)c(NC[C@@H]4CCCN(C)C4)n3)c2)c1. The van der Waals surface area contributed by atoms with Crippen molar-refractivity contribution in [1.82, 2.24) is 24.6 Å². The number of piperidine rings is 1. The number of aryl methyl sites for hydroxylation is 1. The van der Waals surface area contributed by atoms with Gasteiger partial charge in [-0.2, -0.15) is 10.1 Å². The number of hydrogen-bond donors (Lipinski definition) is 2. The van der Waals surface area contributed by atoms with Crippen molar-refractivity contribution in [2.75, 3.05) is 37.3 Å². The summed E-state index contributed by atoms with van der Waals surface area (Å²) in [7, 11) is 2.12. The van der Waals surface area contributed by atoms with E-state index in [1.165, 1.54) is 12.6 Å². The second kappa shape index (κ2) is 8.57. The first-order valence-electron chi connectivity index (χ1n) is 9.90. The summed E-state index contributed by atoms with van der Waals surface area (Å²) in [6, 6.07) is 7.76. The van der Waals surface area contributed by atoms with Crippen LogP contribution in [0.4, 0.5) is 21.8 Å². The van der Waals surface area contributed by atoms with E-state index in [9.17, 15) is 4.39 Å². The Morgan fingerprint density at radius 2 is 2.17 bits per heavy atom. The van der Waals surface area contributed by atoms with Gasteiger partial charge in [-0.05, 0) is 63.0 Å². The van der Waals surface area contributed by atoms with Gasteiger partial charge in [0.25, 0.3) is 0 Å². The van der Waals surface area contributed by atoms with Crippen LogP contribution < -0.4 is 10.6 Å². The van der Waals surface area contributed by atoms with Gasteiger partial charge < -0.3 is 15.5 Å². The molecule has 0 spiro atoms. The monoisotopic (exact) mass is 395 g/mol. The van der Waals surface area contributed by atoms with Crippen LogP contribution in [0.15, 0.2) is 42.9 Å². The van der Waals surface area contributed by atoms with Crippen molar-refractivity contribution in [3.8, 4) is 5.69 Å². The molecule has 1 aliphatic heterocycles. The van der Waals surface area contributed by atoms with Crippen molar-refractivity contribution in [3.63, 3.8) is 0 Å². The Bertz CT molecular complexity index is 971. The number of rotatable bonds is 6. The van der Waals surface area contributed by atoms with Crippen LogP contribution in [0, 0.1) is 18.7 Å². The summed E-state index contributed by atoms with van der Waals surface area (Å²) < 4.78 is 16.0. The van der Waals surface area contributed by atoms with Crippen LogP contribution in [0.3, 0.4) is 0 Å². The summed E-state index contributed by atoms with van der Waals surface area (Å²) in [4.78, 5) is 10.7. The zero-order valence-corrected chi connectivity index (χ0v) is 16.8. The van der Waals surface area contributed by atoms with Crippen molar-refractivity contribution >= 4 is 17.5 Å². The zero-order chi connectivity index (χ0) is 20.2. The minimum atomic E-state index is -0.444. The van der Waals surface area contributed by atoms with Gasteiger partial charge in [0.15, 0.2) is 11.6 Å². The van der Waals surface area contributed by atoms with E-state index >= 15 is 0 Å². The first-order chi connectivity index (χ1) is 14.1. The quantitative estimate of drug-likeness (QED) is 0.664. The molecule has 3 heterocycles. The summed E-state index contributed by atoms with van der Waals surface area (Å²) in [5, 5.41) is 10.6. The lowest BCUT2D eigenvalue weighted by atomic mass is 9.98. The second-order valence-corrected chi connectivity index (χ2v) is 7.68. The maximum atomic E-state index is 14.2. The lowest BCUT2D eigenvalue weighted by molar-refractivity contribution is 0.217. The van der Waals surface area contributed by atoms with Gasteiger partial charge in [-0.15, -0.1) is 0 Å². The fraction of sp³-hybridized carbons (Fsp3) is 0.381. The average Bonchev–Trinajstić information content (AvgIpc) is 3.15. The predicted molar refractivity (Wildman–Crippen MR) is 112 cm³/mol. The van der Waals surface area contributed by atoms with E-state index in [0.717, 1.165) is 36.4 Å². The normalized spacial score (nSPS) is 17.3. The van der Waals surface area contributed by atoms with Crippen LogP contribution in [0.5, 0.6) is 0 Å². The van der Waals surface area contributed by atoms with Gasteiger partial charge in [-0.3, -0.25) is 0 Å². The van der Waals surface area contributed by atoms with Crippen LogP contribution in [0.1, 0.15) is 18.4 Å². The molecule has 2 N–H and O–H groups in total. The van der Waals surface area contributed by atoms with E-state index in [1.807, 2.05) is 43.6 Å². The maximum Gasteiger partial charge on any atom is 0.229 e. The highest BCUT2D eigenvalue weighted by molar-refractivity contribution is 5.58. The largest absolute Gasteiger partial charge is 0.367 e. The highest BCUT2D eigenvalue weighted by atomic mass is 19.1. The van der Waals surface area contributed by atoms with Gasteiger partial charge in [0.05, 0.1) is 18.1 Å². The smallest absolute Gasteiger partial charge is 0.229 e. The molecule has 7 nitrogen and oxygen atoms in total. The molecule has 0 bridgehead atoms. The first kappa shape index (κ1) is 19.3. The van der Waals surface area contributed by atoms with Crippen LogP contribution >= 0.6 is 0 Å². The van der Waals surface area contributed by atoms with Crippen LogP contribution in [0.25, 0.3) is 5.69 Å². The Kier molecular flexibility index (Phi) is 5.71. The summed E-state index contributed by atoms with van der Waals surface area (Å²) in [6.45, 7) is 4.85. The van der Waals surface area contributed by atoms with E-state index in [-0.39, 0.29) is 5.82 Å². The van der Waals surface area contributed by atoms with Crippen molar-refractivity contribution in [3.05, 3.63) is 54.2 Å². The molecule has 8 heteroatoms. The Morgan fingerprint density at radius 3 is 2.97 bits per heavy atom. The zero-order valence-electron chi connectivity index (χ0n) is 16.8. The molecule has 1 saturated heterocycles. The number of nitrogens with zero attached hydrogens (tertiary/aromatic N) is 5. The molecule has 0 saturated carbocycles. The molecule has 1 fully saturated rings. The van der Waals surface area contributed by atoms with Gasteiger partial charge in [-0.1, -0.05) is 6.07 Å². The van der Waals surface area contributed by atoms with Gasteiger partial charge in [-0.25, -0.2) is 14.1 Å². The Labute approximate surface area is 170 Å².